The van der Waals surface area contributed by atoms with Crippen LogP contribution >= 0.6 is 0 Å². The van der Waals surface area contributed by atoms with Gasteiger partial charge in [-0.15, -0.1) is 0 Å². The Balaban J connectivity index is 2.48. The van der Waals surface area contributed by atoms with E-state index in [4.69, 9.17) is 0 Å². The van der Waals surface area contributed by atoms with Crippen molar-refractivity contribution in [1.82, 2.24) is 0 Å². The molecule has 0 bridgehead atoms. The van der Waals surface area contributed by atoms with E-state index in [0.29, 0.717) is 5.92 Å². The van der Waals surface area contributed by atoms with Crippen molar-refractivity contribution in [3.05, 3.63) is 11.1 Å². The van der Waals surface area contributed by atoms with Crippen LogP contribution < -0.4 is 0 Å². The summed E-state index contributed by atoms with van der Waals surface area (Å²) in [5.41, 5.74) is 2.09. The smallest absolute Gasteiger partial charge is 0.0989 e. The number of hydrogen-bond donors (Lipinski definition) is 3. The lowest BCUT2D eigenvalue weighted by Gasteiger charge is -2.55. The summed E-state index contributed by atoms with van der Waals surface area (Å²) in [7, 11) is 0. The lowest BCUT2D eigenvalue weighted by Crippen LogP contribution is -2.48. The fourth-order valence-corrected chi connectivity index (χ4v) is 4.88. The highest BCUT2D eigenvalue weighted by Gasteiger charge is 2.51. The Morgan fingerprint density at radius 2 is 1.89 bits per heavy atom. The van der Waals surface area contributed by atoms with Crippen LogP contribution in [0.4, 0.5) is 0 Å². The van der Waals surface area contributed by atoms with E-state index in [1.165, 1.54) is 6.42 Å². The third-order valence-corrected chi connectivity index (χ3v) is 5.66. The van der Waals surface area contributed by atoms with E-state index in [9.17, 15) is 15.3 Å². The monoisotopic (exact) mass is 268 g/mol. The topological polar surface area (TPSA) is 60.7 Å². The first-order valence-electron chi connectivity index (χ1n) is 7.49. The largest absolute Gasteiger partial charge is 0.393 e. The van der Waals surface area contributed by atoms with Crippen molar-refractivity contribution in [1.29, 1.82) is 0 Å². The zero-order valence-electron chi connectivity index (χ0n) is 12.4. The molecule has 2 rings (SSSR count). The summed E-state index contributed by atoms with van der Waals surface area (Å²) in [6.45, 7) is 6.63. The van der Waals surface area contributed by atoms with Crippen molar-refractivity contribution >= 4 is 0 Å². The number of fused-ring (bicyclic) bond motifs is 1. The highest BCUT2D eigenvalue weighted by atomic mass is 16.3. The van der Waals surface area contributed by atoms with E-state index >= 15 is 0 Å². The predicted molar refractivity (Wildman–Crippen MR) is 75.7 cm³/mol. The summed E-state index contributed by atoms with van der Waals surface area (Å²) in [5, 5.41) is 29.2. The number of aliphatic hydroxyl groups is 3. The summed E-state index contributed by atoms with van der Waals surface area (Å²) < 4.78 is 0. The zero-order chi connectivity index (χ0) is 14.3. The highest BCUT2D eigenvalue weighted by molar-refractivity contribution is 5.31. The lowest BCUT2D eigenvalue weighted by molar-refractivity contribution is -0.0128. The summed E-state index contributed by atoms with van der Waals surface area (Å²) in [4.78, 5) is 0. The predicted octanol–water partition coefficient (Wildman–Crippen LogP) is 2.25. The number of rotatable bonds is 3. The first-order chi connectivity index (χ1) is 8.86. The quantitative estimate of drug-likeness (QED) is 0.688. The SMILES string of the molecule is CC1(C)CCC[C@]2(C)C(C(O)CO)=C(CO)CC[C@@H]12. The maximum atomic E-state index is 10.2. The Labute approximate surface area is 116 Å². The first-order valence-corrected chi connectivity index (χ1v) is 7.49. The molecule has 1 saturated carbocycles. The van der Waals surface area contributed by atoms with Crippen LogP contribution in [0.3, 0.4) is 0 Å². The highest BCUT2D eigenvalue weighted by Crippen LogP contribution is 2.59. The van der Waals surface area contributed by atoms with E-state index in [0.717, 1.165) is 36.8 Å². The molecule has 0 spiro atoms. The van der Waals surface area contributed by atoms with Crippen molar-refractivity contribution < 1.29 is 15.3 Å². The molecule has 0 saturated heterocycles. The fourth-order valence-electron chi connectivity index (χ4n) is 4.88. The van der Waals surface area contributed by atoms with Gasteiger partial charge in [0, 0.05) is 0 Å². The average Bonchev–Trinajstić information content (AvgIpc) is 2.35. The molecule has 3 N–H and O–H groups in total. The standard InChI is InChI=1S/C16H28O3/c1-15(2)7-4-8-16(3)13(15)6-5-11(9-17)14(16)12(19)10-18/h12-13,17-19H,4-10H2,1-3H3/t12?,13-,16-/m0/s1. The second kappa shape index (κ2) is 5.19. The molecule has 1 unspecified atom stereocenters. The molecule has 0 aromatic carbocycles. The van der Waals surface area contributed by atoms with E-state index in [1.807, 2.05) is 0 Å². The molecule has 2 aliphatic carbocycles. The molecule has 3 heteroatoms. The van der Waals surface area contributed by atoms with Gasteiger partial charge in [-0.25, -0.2) is 0 Å². The van der Waals surface area contributed by atoms with Crippen molar-refractivity contribution in [2.75, 3.05) is 13.2 Å². The summed E-state index contributed by atoms with van der Waals surface area (Å²) in [6.07, 6.45) is 4.55. The molecule has 3 atom stereocenters. The molecule has 19 heavy (non-hydrogen) atoms. The van der Waals surface area contributed by atoms with Crippen LogP contribution in [0.1, 0.15) is 52.9 Å². The second-order valence-corrected chi connectivity index (χ2v) is 7.22. The van der Waals surface area contributed by atoms with Crippen molar-refractivity contribution in [2.24, 2.45) is 16.7 Å². The Hall–Kier alpha value is -0.380. The van der Waals surface area contributed by atoms with Crippen LogP contribution in [-0.2, 0) is 0 Å². The molecular formula is C16H28O3. The van der Waals surface area contributed by atoms with E-state index in [1.54, 1.807) is 0 Å². The Kier molecular flexibility index (Phi) is 4.10. The van der Waals surface area contributed by atoms with Gasteiger partial charge in [0.15, 0.2) is 0 Å². The Bertz CT molecular complexity index is 372. The molecule has 3 nitrogen and oxygen atoms in total. The molecule has 110 valence electrons. The molecule has 0 radical (unpaired) electrons. The van der Waals surface area contributed by atoms with Gasteiger partial charge in [0.25, 0.3) is 0 Å². The van der Waals surface area contributed by atoms with Crippen LogP contribution in [0.2, 0.25) is 0 Å². The Morgan fingerprint density at radius 3 is 2.47 bits per heavy atom. The van der Waals surface area contributed by atoms with Crippen molar-refractivity contribution in [3.8, 4) is 0 Å². The van der Waals surface area contributed by atoms with Gasteiger partial charge in [0.2, 0.25) is 0 Å². The number of hydrogen-bond acceptors (Lipinski definition) is 3. The maximum absolute atomic E-state index is 10.2. The summed E-state index contributed by atoms with van der Waals surface area (Å²) in [5.74, 6) is 0.528. The van der Waals surface area contributed by atoms with Crippen LogP contribution in [0.25, 0.3) is 0 Å². The normalized spacial score (nSPS) is 36.0. The summed E-state index contributed by atoms with van der Waals surface area (Å²) >= 11 is 0. The van der Waals surface area contributed by atoms with Gasteiger partial charge >= 0.3 is 0 Å². The van der Waals surface area contributed by atoms with Crippen LogP contribution in [0, 0.1) is 16.7 Å². The van der Waals surface area contributed by atoms with Gasteiger partial charge in [0.1, 0.15) is 0 Å². The first kappa shape index (κ1) is 15.0. The van der Waals surface area contributed by atoms with Crippen molar-refractivity contribution in [3.63, 3.8) is 0 Å². The van der Waals surface area contributed by atoms with Gasteiger partial charge in [0.05, 0.1) is 19.3 Å². The van der Waals surface area contributed by atoms with Crippen LogP contribution in [0.15, 0.2) is 11.1 Å². The van der Waals surface area contributed by atoms with E-state index < -0.39 is 6.10 Å². The van der Waals surface area contributed by atoms with E-state index in [2.05, 4.69) is 20.8 Å². The van der Waals surface area contributed by atoms with Gasteiger partial charge in [-0.1, -0.05) is 27.2 Å². The molecule has 0 amide bonds. The van der Waals surface area contributed by atoms with Gasteiger partial charge in [-0.2, -0.15) is 0 Å². The molecule has 1 fully saturated rings. The van der Waals surface area contributed by atoms with Crippen LogP contribution in [-0.4, -0.2) is 34.6 Å². The molecule has 0 aliphatic heterocycles. The second-order valence-electron chi connectivity index (χ2n) is 7.22. The van der Waals surface area contributed by atoms with Crippen molar-refractivity contribution in [2.45, 2.75) is 59.0 Å². The molecule has 0 heterocycles. The Morgan fingerprint density at radius 1 is 1.21 bits per heavy atom. The molecule has 0 aromatic heterocycles. The third kappa shape index (κ3) is 2.37. The lowest BCUT2D eigenvalue weighted by atomic mass is 9.49. The van der Waals surface area contributed by atoms with E-state index in [-0.39, 0.29) is 24.0 Å². The summed E-state index contributed by atoms with van der Waals surface area (Å²) in [6, 6.07) is 0. The average molecular weight is 268 g/mol. The molecule has 0 aromatic rings. The molecular weight excluding hydrogens is 240 g/mol. The third-order valence-electron chi connectivity index (χ3n) is 5.66. The van der Waals surface area contributed by atoms with Gasteiger partial charge < -0.3 is 15.3 Å². The van der Waals surface area contributed by atoms with Gasteiger partial charge in [-0.3, -0.25) is 0 Å². The zero-order valence-corrected chi connectivity index (χ0v) is 12.4. The number of aliphatic hydroxyl groups excluding tert-OH is 3. The molecule has 2 aliphatic rings. The van der Waals surface area contributed by atoms with Gasteiger partial charge in [-0.05, 0) is 53.6 Å². The fraction of sp³-hybridized carbons (Fsp3) is 0.875. The van der Waals surface area contributed by atoms with Crippen LogP contribution in [0.5, 0.6) is 0 Å². The minimum absolute atomic E-state index is 0.00906. The minimum atomic E-state index is -0.816. The maximum Gasteiger partial charge on any atom is 0.0989 e. The minimum Gasteiger partial charge on any atom is -0.393 e.